The lowest BCUT2D eigenvalue weighted by Crippen LogP contribution is -2.15. The molecule has 0 aliphatic rings. The summed E-state index contributed by atoms with van der Waals surface area (Å²) < 4.78 is 28.4. The third-order valence-electron chi connectivity index (χ3n) is 2.81. The van der Waals surface area contributed by atoms with Gasteiger partial charge in [-0.3, -0.25) is 9.40 Å². The average Bonchev–Trinajstić information content (AvgIpc) is 2.74. The fourth-order valence-electron chi connectivity index (χ4n) is 1.78. The summed E-state index contributed by atoms with van der Waals surface area (Å²) in [6.45, 7) is 1.47. The molecular formula is C12H15N3O3S. The van der Waals surface area contributed by atoms with Crippen molar-refractivity contribution in [2.75, 3.05) is 4.72 Å². The Labute approximate surface area is 111 Å². The first-order chi connectivity index (χ1) is 8.94. The van der Waals surface area contributed by atoms with Crippen molar-refractivity contribution < 1.29 is 13.5 Å². The zero-order chi connectivity index (χ0) is 14.0. The van der Waals surface area contributed by atoms with Crippen LogP contribution in [-0.2, 0) is 23.7 Å². The van der Waals surface area contributed by atoms with Crippen molar-refractivity contribution in [3.63, 3.8) is 0 Å². The number of nitrogens with zero attached hydrogens (tertiary/aromatic N) is 2. The average molecular weight is 281 g/mol. The minimum atomic E-state index is -3.70. The van der Waals surface area contributed by atoms with E-state index < -0.39 is 10.0 Å². The highest BCUT2D eigenvalue weighted by Gasteiger charge is 2.19. The zero-order valence-corrected chi connectivity index (χ0v) is 11.5. The zero-order valence-electron chi connectivity index (χ0n) is 10.7. The highest BCUT2D eigenvalue weighted by atomic mass is 32.2. The monoisotopic (exact) mass is 281 g/mol. The van der Waals surface area contributed by atoms with Crippen molar-refractivity contribution in [3.8, 4) is 0 Å². The van der Waals surface area contributed by atoms with Gasteiger partial charge >= 0.3 is 0 Å². The van der Waals surface area contributed by atoms with Gasteiger partial charge in [0.05, 0.1) is 11.5 Å². The number of aliphatic hydroxyl groups excluding tert-OH is 1. The molecule has 0 saturated heterocycles. The summed E-state index contributed by atoms with van der Waals surface area (Å²) in [5.41, 5.74) is 1.12. The number of aromatic nitrogens is 2. The second-order valence-corrected chi connectivity index (χ2v) is 5.83. The van der Waals surface area contributed by atoms with Gasteiger partial charge in [-0.1, -0.05) is 12.1 Å². The first kappa shape index (κ1) is 13.6. The molecule has 19 heavy (non-hydrogen) atoms. The molecule has 0 fully saturated rings. The van der Waals surface area contributed by atoms with E-state index in [-0.39, 0.29) is 17.3 Å². The minimum absolute atomic E-state index is 0.143. The van der Waals surface area contributed by atoms with Crippen LogP contribution < -0.4 is 4.72 Å². The Kier molecular flexibility index (Phi) is 3.59. The molecule has 0 aliphatic heterocycles. The molecule has 0 atom stereocenters. The van der Waals surface area contributed by atoms with Crippen LogP contribution in [0.3, 0.4) is 0 Å². The Balaban J connectivity index is 2.40. The number of hydrogen-bond acceptors (Lipinski definition) is 4. The van der Waals surface area contributed by atoms with E-state index in [2.05, 4.69) is 9.82 Å². The third-order valence-corrected chi connectivity index (χ3v) is 4.31. The molecular weight excluding hydrogens is 266 g/mol. The van der Waals surface area contributed by atoms with Crippen LogP contribution in [0.15, 0.2) is 35.4 Å². The molecule has 0 radical (unpaired) electrons. The third kappa shape index (κ3) is 2.77. The summed E-state index contributed by atoms with van der Waals surface area (Å²) in [5.74, 6) is 0.260. The lowest BCUT2D eigenvalue weighted by molar-refractivity contribution is 0.280. The van der Waals surface area contributed by atoms with Gasteiger partial charge in [-0.05, 0) is 24.1 Å². The van der Waals surface area contributed by atoms with Crippen molar-refractivity contribution >= 4 is 15.8 Å². The van der Waals surface area contributed by atoms with Crippen LogP contribution in [0.1, 0.15) is 11.1 Å². The lowest BCUT2D eigenvalue weighted by atomic mass is 10.1. The van der Waals surface area contributed by atoms with Gasteiger partial charge in [0.15, 0.2) is 5.82 Å². The number of benzene rings is 1. The van der Waals surface area contributed by atoms with Crippen molar-refractivity contribution in [1.29, 1.82) is 0 Å². The summed E-state index contributed by atoms with van der Waals surface area (Å²) >= 11 is 0. The van der Waals surface area contributed by atoms with Gasteiger partial charge in [-0.15, -0.1) is 0 Å². The van der Waals surface area contributed by atoms with E-state index in [1.54, 1.807) is 38.4 Å². The maximum absolute atomic E-state index is 12.3. The van der Waals surface area contributed by atoms with Gasteiger partial charge in [-0.25, -0.2) is 8.42 Å². The SMILES string of the molecule is Cc1c(CO)cccc1S(=O)(=O)Nc1ccn(C)n1. The summed E-state index contributed by atoms with van der Waals surface area (Å²) in [6.07, 6.45) is 1.65. The van der Waals surface area contributed by atoms with Gasteiger partial charge in [0.2, 0.25) is 0 Å². The highest BCUT2D eigenvalue weighted by molar-refractivity contribution is 7.92. The van der Waals surface area contributed by atoms with Crippen LogP contribution in [0.4, 0.5) is 5.82 Å². The normalized spacial score (nSPS) is 11.5. The molecule has 102 valence electrons. The topological polar surface area (TPSA) is 84.2 Å². The molecule has 2 N–H and O–H groups in total. The van der Waals surface area contributed by atoms with Crippen LogP contribution in [0.25, 0.3) is 0 Å². The quantitative estimate of drug-likeness (QED) is 0.876. The van der Waals surface area contributed by atoms with E-state index in [1.807, 2.05) is 0 Å². The number of sulfonamides is 1. The van der Waals surface area contributed by atoms with Crippen LogP contribution in [0.2, 0.25) is 0 Å². The van der Waals surface area contributed by atoms with Gasteiger partial charge in [0, 0.05) is 19.3 Å². The van der Waals surface area contributed by atoms with Crippen LogP contribution in [-0.4, -0.2) is 23.3 Å². The molecule has 0 bridgehead atoms. The van der Waals surface area contributed by atoms with Crippen molar-refractivity contribution in [2.45, 2.75) is 18.4 Å². The van der Waals surface area contributed by atoms with Crippen molar-refractivity contribution in [1.82, 2.24) is 9.78 Å². The van der Waals surface area contributed by atoms with E-state index in [9.17, 15) is 13.5 Å². The Morgan fingerprint density at radius 2 is 2.11 bits per heavy atom. The summed E-state index contributed by atoms with van der Waals surface area (Å²) in [4.78, 5) is 0.143. The first-order valence-electron chi connectivity index (χ1n) is 5.66. The van der Waals surface area contributed by atoms with E-state index in [0.717, 1.165) is 0 Å². The molecule has 0 unspecified atom stereocenters. The fourth-order valence-corrected chi connectivity index (χ4v) is 3.07. The highest BCUT2D eigenvalue weighted by Crippen LogP contribution is 2.21. The van der Waals surface area contributed by atoms with Crippen LogP contribution in [0, 0.1) is 6.92 Å². The maximum Gasteiger partial charge on any atom is 0.263 e. The maximum atomic E-state index is 12.3. The van der Waals surface area contributed by atoms with Crippen molar-refractivity contribution in [2.24, 2.45) is 7.05 Å². The molecule has 1 heterocycles. The summed E-state index contributed by atoms with van der Waals surface area (Å²) in [6, 6.07) is 6.36. The lowest BCUT2D eigenvalue weighted by Gasteiger charge is -2.11. The Hall–Kier alpha value is -1.86. The number of anilines is 1. The Bertz CT molecular complexity index is 692. The molecule has 6 nitrogen and oxygen atoms in total. The Morgan fingerprint density at radius 3 is 2.68 bits per heavy atom. The van der Waals surface area contributed by atoms with E-state index in [4.69, 9.17) is 0 Å². The van der Waals surface area contributed by atoms with Gasteiger partial charge in [0.25, 0.3) is 10.0 Å². The predicted molar refractivity (Wildman–Crippen MR) is 71.1 cm³/mol. The van der Waals surface area contributed by atoms with E-state index >= 15 is 0 Å². The second kappa shape index (κ2) is 5.02. The van der Waals surface area contributed by atoms with Crippen molar-refractivity contribution in [3.05, 3.63) is 41.6 Å². The smallest absolute Gasteiger partial charge is 0.263 e. The number of rotatable bonds is 4. The van der Waals surface area contributed by atoms with Gasteiger partial charge < -0.3 is 5.11 Å². The number of aliphatic hydroxyl groups is 1. The fraction of sp³-hybridized carbons (Fsp3) is 0.250. The van der Waals surface area contributed by atoms with Crippen LogP contribution >= 0.6 is 0 Å². The predicted octanol–water partition coefficient (Wildman–Crippen LogP) is 1.02. The number of nitrogens with one attached hydrogen (secondary N) is 1. The largest absolute Gasteiger partial charge is 0.392 e. The standard InChI is InChI=1S/C12H15N3O3S/c1-9-10(8-16)4-3-5-11(9)19(17,18)14-12-6-7-15(2)13-12/h3-7,16H,8H2,1-2H3,(H,13,14). The molecule has 0 amide bonds. The molecule has 0 saturated carbocycles. The molecule has 1 aromatic heterocycles. The van der Waals surface area contributed by atoms with E-state index in [1.165, 1.54) is 10.7 Å². The molecule has 0 spiro atoms. The Morgan fingerprint density at radius 1 is 1.37 bits per heavy atom. The molecule has 0 aliphatic carbocycles. The van der Waals surface area contributed by atoms with Gasteiger partial charge in [0.1, 0.15) is 0 Å². The van der Waals surface area contributed by atoms with Crippen LogP contribution in [0.5, 0.6) is 0 Å². The molecule has 2 aromatic rings. The number of hydrogen-bond donors (Lipinski definition) is 2. The summed E-state index contributed by atoms with van der Waals surface area (Å²) in [7, 11) is -2.00. The first-order valence-corrected chi connectivity index (χ1v) is 7.14. The van der Waals surface area contributed by atoms with E-state index in [0.29, 0.717) is 11.1 Å². The second-order valence-electron chi connectivity index (χ2n) is 4.18. The number of aryl methyl sites for hydroxylation is 1. The van der Waals surface area contributed by atoms with Gasteiger partial charge in [-0.2, -0.15) is 5.10 Å². The molecule has 7 heteroatoms. The molecule has 2 rings (SSSR count). The molecule has 1 aromatic carbocycles. The minimum Gasteiger partial charge on any atom is -0.392 e. The summed E-state index contributed by atoms with van der Waals surface area (Å²) in [5, 5.41) is 13.1.